The molecule has 0 bridgehead atoms. The third-order valence-corrected chi connectivity index (χ3v) is 5.10. The summed E-state index contributed by atoms with van der Waals surface area (Å²) in [6.07, 6.45) is 0. The SMILES string of the molecule is Cc1cccc(C)c1NC(=O)C(c1ccc2c(c1)OCO2)N1CCOCC1. The summed E-state index contributed by atoms with van der Waals surface area (Å²) in [7, 11) is 0. The van der Waals surface area contributed by atoms with Crippen molar-refractivity contribution < 1.29 is 19.0 Å². The van der Waals surface area contributed by atoms with Crippen molar-refractivity contribution in [3.8, 4) is 11.5 Å². The van der Waals surface area contributed by atoms with Crippen LogP contribution in [0.1, 0.15) is 22.7 Å². The molecule has 1 unspecified atom stereocenters. The Hall–Kier alpha value is -2.57. The van der Waals surface area contributed by atoms with Crippen molar-refractivity contribution in [2.75, 3.05) is 38.4 Å². The standard InChI is InChI=1S/C21H24N2O4/c1-14-4-3-5-15(2)19(14)22-21(24)20(23-8-10-25-11-9-23)16-6-7-17-18(12-16)27-13-26-17/h3-7,12,20H,8-11,13H2,1-2H3,(H,22,24). The van der Waals surface area contributed by atoms with Gasteiger partial charge in [0.1, 0.15) is 6.04 Å². The van der Waals surface area contributed by atoms with Crippen molar-refractivity contribution >= 4 is 11.6 Å². The first-order valence-electron chi connectivity index (χ1n) is 9.22. The molecule has 2 aliphatic heterocycles. The maximum absolute atomic E-state index is 13.4. The van der Waals surface area contributed by atoms with E-state index in [1.165, 1.54) is 0 Å². The van der Waals surface area contributed by atoms with Gasteiger partial charge in [0.2, 0.25) is 12.7 Å². The van der Waals surface area contributed by atoms with Crippen LogP contribution in [0.25, 0.3) is 0 Å². The van der Waals surface area contributed by atoms with Gasteiger partial charge in [-0.25, -0.2) is 0 Å². The van der Waals surface area contributed by atoms with E-state index >= 15 is 0 Å². The Labute approximate surface area is 159 Å². The average molecular weight is 368 g/mol. The molecule has 1 amide bonds. The molecular weight excluding hydrogens is 344 g/mol. The molecule has 0 radical (unpaired) electrons. The lowest BCUT2D eigenvalue weighted by atomic mass is 10.0. The molecule has 0 saturated carbocycles. The van der Waals surface area contributed by atoms with Crippen molar-refractivity contribution in [2.24, 2.45) is 0 Å². The summed E-state index contributed by atoms with van der Waals surface area (Å²) in [5.41, 5.74) is 3.87. The van der Waals surface area contributed by atoms with E-state index in [0.717, 1.165) is 28.1 Å². The van der Waals surface area contributed by atoms with Crippen molar-refractivity contribution in [1.29, 1.82) is 0 Å². The largest absolute Gasteiger partial charge is 0.454 e. The number of carbonyl (C=O) groups is 1. The van der Waals surface area contributed by atoms with Gasteiger partial charge in [-0.05, 0) is 42.7 Å². The molecule has 1 N–H and O–H groups in total. The maximum atomic E-state index is 13.4. The summed E-state index contributed by atoms with van der Waals surface area (Å²) in [6, 6.07) is 11.3. The van der Waals surface area contributed by atoms with E-state index in [1.807, 2.05) is 50.2 Å². The lowest BCUT2D eigenvalue weighted by Crippen LogP contribution is -2.44. The van der Waals surface area contributed by atoms with Gasteiger partial charge >= 0.3 is 0 Å². The number of rotatable bonds is 4. The van der Waals surface area contributed by atoms with Crippen LogP contribution in [0.2, 0.25) is 0 Å². The van der Waals surface area contributed by atoms with Gasteiger partial charge in [0.15, 0.2) is 11.5 Å². The smallest absolute Gasteiger partial charge is 0.246 e. The molecule has 2 aromatic carbocycles. The van der Waals surface area contributed by atoms with Crippen LogP contribution >= 0.6 is 0 Å². The fraction of sp³-hybridized carbons (Fsp3) is 0.381. The molecule has 6 heteroatoms. The van der Waals surface area contributed by atoms with Gasteiger partial charge < -0.3 is 19.5 Å². The predicted molar refractivity (Wildman–Crippen MR) is 102 cm³/mol. The Bertz CT molecular complexity index is 826. The predicted octanol–water partition coefficient (Wildman–Crippen LogP) is 3.04. The van der Waals surface area contributed by atoms with E-state index in [1.54, 1.807) is 0 Å². The zero-order valence-corrected chi connectivity index (χ0v) is 15.7. The molecule has 2 aromatic rings. The molecule has 142 valence electrons. The topological polar surface area (TPSA) is 60.0 Å². The number of nitrogens with zero attached hydrogens (tertiary/aromatic N) is 1. The summed E-state index contributed by atoms with van der Waals surface area (Å²) in [5, 5.41) is 3.15. The molecule has 1 fully saturated rings. The number of carbonyl (C=O) groups excluding carboxylic acids is 1. The van der Waals surface area contributed by atoms with Gasteiger partial charge in [0.25, 0.3) is 0 Å². The minimum atomic E-state index is -0.414. The van der Waals surface area contributed by atoms with Gasteiger partial charge in [0, 0.05) is 18.8 Å². The third kappa shape index (κ3) is 3.63. The quantitative estimate of drug-likeness (QED) is 0.899. The number of ether oxygens (including phenoxy) is 3. The number of hydrogen-bond acceptors (Lipinski definition) is 5. The molecule has 6 nitrogen and oxygen atoms in total. The summed E-state index contributed by atoms with van der Waals surface area (Å²) in [5.74, 6) is 1.36. The number of anilines is 1. The van der Waals surface area contributed by atoms with Crippen LogP contribution in [0.3, 0.4) is 0 Å². The second-order valence-corrected chi connectivity index (χ2v) is 6.92. The van der Waals surface area contributed by atoms with Crippen molar-refractivity contribution in [1.82, 2.24) is 4.90 Å². The number of fused-ring (bicyclic) bond motifs is 1. The van der Waals surface area contributed by atoms with Gasteiger partial charge in [-0.1, -0.05) is 24.3 Å². The molecule has 0 aromatic heterocycles. The molecule has 4 rings (SSSR count). The van der Waals surface area contributed by atoms with Crippen LogP contribution in [-0.4, -0.2) is 43.9 Å². The number of morpholine rings is 1. The van der Waals surface area contributed by atoms with E-state index in [0.29, 0.717) is 32.1 Å². The Morgan fingerprint density at radius 2 is 1.74 bits per heavy atom. The molecule has 2 heterocycles. The second kappa shape index (κ2) is 7.58. The number of amides is 1. The van der Waals surface area contributed by atoms with Crippen LogP contribution < -0.4 is 14.8 Å². The Kier molecular flexibility index (Phi) is 5.01. The monoisotopic (exact) mass is 368 g/mol. The molecule has 0 aliphatic carbocycles. The average Bonchev–Trinajstić information content (AvgIpc) is 3.14. The van der Waals surface area contributed by atoms with Crippen LogP contribution in [0.15, 0.2) is 36.4 Å². The normalized spacial score (nSPS) is 17.6. The fourth-order valence-electron chi connectivity index (χ4n) is 3.65. The molecule has 0 spiro atoms. The van der Waals surface area contributed by atoms with Gasteiger partial charge in [-0.15, -0.1) is 0 Å². The Balaban J connectivity index is 1.66. The number of para-hydroxylation sites is 1. The van der Waals surface area contributed by atoms with Crippen LogP contribution in [-0.2, 0) is 9.53 Å². The Morgan fingerprint density at radius 1 is 1.04 bits per heavy atom. The van der Waals surface area contributed by atoms with Crippen LogP contribution in [0.5, 0.6) is 11.5 Å². The maximum Gasteiger partial charge on any atom is 0.246 e. The molecule has 1 saturated heterocycles. The third-order valence-electron chi connectivity index (χ3n) is 5.10. The summed E-state index contributed by atoms with van der Waals surface area (Å²) < 4.78 is 16.4. The lowest BCUT2D eigenvalue weighted by molar-refractivity contribution is -0.123. The number of hydrogen-bond donors (Lipinski definition) is 1. The summed E-state index contributed by atoms with van der Waals surface area (Å²) >= 11 is 0. The van der Waals surface area contributed by atoms with Crippen molar-refractivity contribution in [3.05, 3.63) is 53.1 Å². The lowest BCUT2D eigenvalue weighted by Gasteiger charge is -2.34. The number of aryl methyl sites for hydroxylation is 2. The van der Waals surface area contributed by atoms with Crippen LogP contribution in [0, 0.1) is 13.8 Å². The minimum Gasteiger partial charge on any atom is -0.454 e. The first kappa shape index (κ1) is 17.8. The summed E-state index contributed by atoms with van der Waals surface area (Å²) in [4.78, 5) is 15.5. The first-order valence-corrected chi connectivity index (χ1v) is 9.22. The van der Waals surface area contributed by atoms with Crippen molar-refractivity contribution in [2.45, 2.75) is 19.9 Å². The molecule has 2 aliphatic rings. The first-order chi connectivity index (χ1) is 13.1. The number of benzene rings is 2. The zero-order chi connectivity index (χ0) is 18.8. The highest BCUT2D eigenvalue weighted by atomic mass is 16.7. The van der Waals surface area contributed by atoms with E-state index in [-0.39, 0.29) is 12.7 Å². The van der Waals surface area contributed by atoms with E-state index < -0.39 is 6.04 Å². The molecular formula is C21H24N2O4. The Morgan fingerprint density at radius 3 is 2.48 bits per heavy atom. The molecule has 27 heavy (non-hydrogen) atoms. The van der Waals surface area contributed by atoms with E-state index in [2.05, 4.69) is 10.2 Å². The molecule has 1 atom stereocenters. The van der Waals surface area contributed by atoms with E-state index in [4.69, 9.17) is 14.2 Å². The highest BCUT2D eigenvalue weighted by Crippen LogP contribution is 2.36. The minimum absolute atomic E-state index is 0.0480. The van der Waals surface area contributed by atoms with Gasteiger partial charge in [0.05, 0.1) is 13.2 Å². The fourth-order valence-corrected chi connectivity index (χ4v) is 3.65. The van der Waals surface area contributed by atoms with Crippen molar-refractivity contribution in [3.63, 3.8) is 0 Å². The van der Waals surface area contributed by atoms with Gasteiger partial charge in [-0.3, -0.25) is 9.69 Å². The number of nitrogens with one attached hydrogen (secondary N) is 1. The second-order valence-electron chi connectivity index (χ2n) is 6.92. The highest BCUT2D eigenvalue weighted by molar-refractivity contribution is 5.97. The van der Waals surface area contributed by atoms with Gasteiger partial charge in [-0.2, -0.15) is 0 Å². The highest BCUT2D eigenvalue weighted by Gasteiger charge is 2.31. The summed E-state index contributed by atoms with van der Waals surface area (Å²) in [6.45, 7) is 6.89. The van der Waals surface area contributed by atoms with E-state index in [9.17, 15) is 4.79 Å². The van der Waals surface area contributed by atoms with Crippen LogP contribution in [0.4, 0.5) is 5.69 Å². The zero-order valence-electron chi connectivity index (χ0n) is 15.7.